The van der Waals surface area contributed by atoms with Crippen molar-refractivity contribution < 1.29 is 9.53 Å². The van der Waals surface area contributed by atoms with Crippen molar-refractivity contribution in [2.24, 2.45) is 5.92 Å². The lowest BCUT2D eigenvalue weighted by molar-refractivity contribution is 0.0974. The van der Waals surface area contributed by atoms with E-state index in [0.29, 0.717) is 46.9 Å². The van der Waals surface area contributed by atoms with Crippen LogP contribution in [0.1, 0.15) is 55.6 Å². The van der Waals surface area contributed by atoms with Crippen molar-refractivity contribution in [3.63, 3.8) is 0 Å². The molecule has 0 aliphatic heterocycles. The molecule has 2 aromatic rings. The molecule has 1 aromatic carbocycles. The van der Waals surface area contributed by atoms with Crippen molar-refractivity contribution in [2.75, 3.05) is 6.61 Å². The van der Waals surface area contributed by atoms with Gasteiger partial charge in [-0.05, 0) is 42.2 Å². The highest BCUT2D eigenvalue weighted by Gasteiger charge is 2.08. The van der Waals surface area contributed by atoms with Gasteiger partial charge in [0.2, 0.25) is 0 Å². The largest absolute Gasteiger partial charge is 0.493 e. The van der Waals surface area contributed by atoms with Crippen molar-refractivity contribution in [1.82, 2.24) is 4.98 Å². The summed E-state index contributed by atoms with van der Waals surface area (Å²) in [6.07, 6.45) is 6.19. The van der Waals surface area contributed by atoms with E-state index in [0.717, 1.165) is 24.8 Å². The van der Waals surface area contributed by atoms with Crippen LogP contribution in [-0.2, 0) is 6.42 Å². The first-order valence-corrected chi connectivity index (χ1v) is 9.76. The zero-order valence-corrected chi connectivity index (χ0v) is 16.8. The number of hydrogen-bond acceptors (Lipinski definition) is 3. The predicted octanol–water partition coefficient (Wildman–Crippen LogP) is 6.41. The van der Waals surface area contributed by atoms with E-state index in [-0.39, 0.29) is 5.78 Å². The molecule has 5 heteroatoms. The molecule has 0 unspecified atom stereocenters. The summed E-state index contributed by atoms with van der Waals surface area (Å²) in [5.41, 5.74) is 1.57. The number of unbranched alkanes of at least 4 members (excludes halogenated alkanes) is 1. The molecule has 1 aromatic heterocycles. The number of ketones is 1. The molecule has 0 aliphatic rings. The molecule has 0 spiro atoms. The molecule has 0 radical (unpaired) electrons. The predicted molar refractivity (Wildman–Crippen MR) is 108 cm³/mol. The summed E-state index contributed by atoms with van der Waals surface area (Å²) in [5.74, 6) is 1.45. The van der Waals surface area contributed by atoms with Gasteiger partial charge in [-0.2, -0.15) is 0 Å². The molecule has 2 rings (SSSR count). The van der Waals surface area contributed by atoms with E-state index < -0.39 is 0 Å². The third-order valence-electron chi connectivity index (χ3n) is 4.04. The van der Waals surface area contributed by atoms with Crippen LogP contribution in [0.2, 0.25) is 10.0 Å². The first-order valence-electron chi connectivity index (χ1n) is 9.01. The monoisotopic (exact) mass is 393 g/mol. The number of pyridine rings is 1. The molecule has 0 fully saturated rings. The number of ether oxygens (including phenoxy) is 1. The summed E-state index contributed by atoms with van der Waals surface area (Å²) in [4.78, 5) is 16.5. The maximum absolute atomic E-state index is 12.2. The average Bonchev–Trinajstić information content (AvgIpc) is 2.58. The molecule has 0 aliphatic carbocycles. The summed E-state index contributed by atoms with van der Waals surface area (Å²) in [6.45, 7) is 4.89. The van der Waals surface area contributed by atoms with Crippen molar-refractivity contribution in [1.29, 1.82) is 0 Å². The Labute approximate surface area is 165 Å². The highest BCUT2D eigenvalue weighted by atomic mass is 35.5. The van der Waals surface area contributed by atoms with Crippen LogP contribution >= 0.6 is 23.2 Å². The third kappa shape index (κ3) is 7.35. The number of carbonyl (C=O) groups is 1. The van der Waals surface area contributed by atoms with Crippen LogP contribution in [0.5, 0.6) is 5.75 Å². The number of aromatic nitrogens is 1. The topological polar surface area (TPSA) is 39.2 Å². The molecule has 0 saturated heterocycles. The fraction of sp³-hybridized carbons (Fsp3) is 0.429. The van der Waals surface area contributed by atoms with Crippen LogP contribution in [-0.4, -0.2) is 17.4 Å². The number of nitrogens with zero attached hydrogens (tertiary/aromatic N) is 1. The SMILES string of the molecule is CC(C)CCCCC(=O)c1ccc(CCOc2cc(Cl)cc(Cl)c2)cn1. The molecule has 0 bridgehead atoms. The second-order valence-electron chi connectivity index (χ2n) is 6.82. The van der Waals surface area contributed by atoms with Crippen molar-refractivity contribution >= 4 is 29.0 Å². The van der Waals surface area contributed by atoms with Gasteiger partial charge < -0.3 is 4.74 Å². The van der Waals surface area contributed by atoms with Crippen molar-refractivity contribution in [2.45, 2.75) is 46.0 Å². The highest BCUT2D eigenvalue weighted by molar-refractivity contribution is 6.34. The summed E-state index contributed by atoms with van der Waals surface area (Å²) in [7, 11) is 0. The Morgan fingerprint density at radius 2 is 1.85 bits per heavy atom. The zero-order chi connectivity index (χ0) is 18.9. The lowest BCUT2D eigenvalue weighted by Gasteiger charge is -2.08. The van der Waals surface area contributed by atoms with Crippen LogP contribution in [0.3, 0.4) is 0 Å². The van der Waals surface area contributed by atoms with Gasteiger partial charge in [0, 0.05) is 29.1 Å². The first kappa shape index (κ1) is 20.7. The van der Waals surface area contributed by atoms with Gasteiger partial charge in [0.1, 0.15) is 11.4 Å². The standard InChI is InChI=1S/C21H25Cl2NO2/c1-15(2)5-3-4-6-21(25)20-8-7-16(14-24-20)9-10-26-19-12-17(22)11-18(23)13-19/h7-8,11-15H,3-6,9-10H2,1-2H3. The maximum atomic E-state index is 12.2. The first-order chi connectivity index (χ1) is 12.4. The van der Waals surface area contributed by atoms with Gasteiger partial charge >= 0.3 is 0 Å². The molecule has 3 nitrogen and oxygen atoms in total. The number of halogens is 2. The second kappa shape index (κ2) is 10.5. The normalized spacial score (nSPS) is 11.0. The van der Waals surface area contributed by atoms with Gasteiger partial charge in [-0.1, -0.05) is 56.0 Å². The quantitative estimate of drug-likeness (QED) is 0.345. The number of rotatable bonds is 10. The van der Waals surface area contributed by atoms with Gasteiger partial charge in [0.15, 0.2) is 5.78 Å². The molecule has 140 valence electrons. The lowest BCUT2D eigenvalue weighted by Crippen LogP contribution is -2.05. The van der Waals surface area contributed by atoms with Gasteiger partial charge in [0.25, 0.3) is 0 Å². The van der Waals surface area contributed by atoms with Gasteiger partial charge in [0.05, 0.1) is 6.61 Å². The molecule has 1 heterocycles. The van der Waals surface area contributed by atoms with Crippen LogP contribution in [0, 0.1) is 5.92 Å². The van der Waals surface area contributed by atoms with E-state index in [2.05, 4.69) is 18.8 Å². The van der Waals surface area contributed by atoms with Gasteiger partial charge in [-0.15, -0.1) is 0 Å². The molecule has 0 saturated carbocycles. The Kier molecular flexibility index (Phi) is 8.40. The molecular formula is C21H25Cl2NO2. The van der Waals surface area contributed by atoms with Crippen LogP contribution in [0.4, 0.5) is 0 Å². The number of hydrogen-bond donors (Lipinski definition) is 0. The van der Waals surface area contributed by atoms with Crippen molar-refractivity contribution in [3.8, 4) is 5.75 Å². The van der Waals surface area contributed by atoms with Crippen molar-refractivity contribution in [3.05, 3.63) is 57.8 Å². The molecular weight excluding hydrogens is 369 g/mol. The summed E-state index contributed by atoms with van der Waals surface area (Å²) in [5, 5.41) is 1.09. The minimum Gasteiger partial charge on any atom is -0.493 e. The molecule has 0 atom stereocenters. The summed E-state index contributed by atoms with van der Waals surface area (Å²) >= 11 is 11.9. The average molecular weight is 394 g/mol. The van der Waals surface area contributed by atoms with E-state index in [1.54, 1.807) is 30.5 Å². The second-order valence-corrected chi connectivity index (χ2v) is 7.69. The van der Waals surface area contributed by atoms with E-state index in [1.807, 2.05) is 6.07 Å². The lowest BCUT2D eigenvalue weighted by atomic mass is 10.0. The molecule has 0 N–H and O–H groups in total. The Bertz CT molecular complexity index is 694. The van der Waals surface area contributed by atoms with Gasteiger partial charge in [-0.3, -0.25) is 9.78 Å². The minimum absolute atomic E-state index is 0.116. The Balaban J connectivity index is 1.77. The highest BCUT2D eigenvalue weighted by Crippen LogP contribution is 2.24. The van der Waals surface area contributed by atoms with E-state index in [9.17, 15) is 4.79 Å². The van der Waals surface area contributed by atoms with Crippen LogP contribution in [0.15, 0.2) is 36.5 Å². The number of benzene rings is 1. The van der Waals surface area contributed by atoms with Crippen LogP contribution < -0.4 is 4.74 Å². The molecule has 26 heavy (non-hydrogen) atoms. The van der Waals surface area contributed by atoms with E-state index in [4.69, 9.17) is 27.9 Å². The van der Waals surface area contributed by atoms with E-state index >= 15 is 0 Å². The Hall–Kier alpha value is -1.58. The number of carbonyl (C=O) groups excluding carboxylic acids is 1. The zero-order valence-electron chi connectivity index (χ0n) is 15.3. The third-order valence-corrected chi connectivity index (χ3v) is 4.48. The Morgan fingerprint density at radius 3 is 2.46 bits per heavy atom. The molecule has 0 amide bonds. The fourth-order valence-electron chi connectivity index (χ4n) is 2.60. The smallest absolute Gasteiger partial charge is 0.181 e. The number of Topliss-reactive ketones (excluding diaryl/α,β-unsaturated/α-hetero) is 1. The maximum Gasteiger partial charge on any atom is 0.181 e. The fourth-order valence-corrected chi connectivity index (χ4v) is 3.11. The Morgan fingerprint density at radius 1 is 1.12 bits per heavy atom. The minimum atomic E-state index is 0.116. The summed E-state index contributed by atoms with van der Waals surface area (Å²) in [6, 6.07) is 8.86. The van der Waals surface area contributed by atoms with Crippen LogP contribution in [0.25, 0.3) is 0 Å². The van der Waals surface area contributed by atoms with E-state index in [1.165, 1.54) is 0 Å². The van der Waals surface area contributed by atoms with Gasteiger partial charge in [-0.25, -0.2) is 0 Å². The summed E-state index contributed by atoms with van der Waals surface area (Å²) < 4.78 is 5.67.